The Labute approximate surface area is 208 Å². The Morgan fingerprint density at radius 2 is 1.75 bits per heavy atom. The molecule has 0 atom stereocenters. The van der Waals surface area contributed by atoms with Crippen LogP contribution in [-0.4, -0.2) is 12.8 Å². The molecule has 0 radical (unpaired) electrons. The minimum Gasteiger partial charge on any atom is -0.481 e. The van der Waals surface area contributed by atoms with Crippen LogP contribution in [0.2, 0.25) is 0 Å². The molecule has 0 aromatic heterocycles. The number of hydrogen-bond acceptors (Lipinski definition) is 1. The van der Waals surface area contributed by atoms with Crippen molar-refractivity contribution in [3.05, 3.63) is 78.4 Å². The molecule has 36 heavy (non-hydrogen) atoms. The Morgan fingerprint density at radius 3 is 2.44 bits per heavy atom. The Kier molecular flexibility index (Phi) is 7.98. The smallest absolute Gasteiger partial charge is 0.422 e. The van der Waals surface area contributed by atoms with Crippen molar-refractivity contribution >= 4 is 10.8 Å². The quantitative estimate of drug-likeness (QED) is 0.187. The molecular weight excluding hydrogens is 471 g/mol. The fraction of sp³-hybridized carbons (Fsp3) is 0.333. The zero-order chi connectivity index (χ0) is 25.7. The van der Waals surface area contributed by atoms with E-state index in [9.17, 15) is 22.0 Å². The van der Waals surface area contributed by atoms with Crippen molar-refractivity contribution < 1.29 is 26.7 Å². The van der Waals surface area contributed by atoms with Crippen LogP contribution in [0.4, 0.5) is 22.0 Å². The Bertz CT molecular complexity index is 1290. The van der Waals surface area contributed by atoms with Crippen LogP contribution in [-0.2, 0) is 0 Å². The van der Waals surface area contributed by atoms with Crippen LogP contribution >= 0.6 is 0 Å². The predicted molar refractivity (Wildman–Crippen MR) is 133 cm³/mol. The second-order valence-electron chi connectivity index (χ2n) is 9.27. The van der Waals surface area contributed by atoms with Crippen LogP contribution in [0.15, 0.2) is 61.2 Å². The summed E-state index contributed by atoms with van der Waals surface area (Å²) < 4.78 is 71.3. The fourth-order valence-electron chi connectivity index (χ4n) is 4.67. The van der Waals surface area contributed by atoms with Gasteiger partial charge < -0.3 is 4.74 Å². The molecule has 1 aliphatic rings. The van der Waals surface area contributed by atoms with E-state index in [0.717, 1.165) is 31.2 Å². The van der Waals surface area contributed by atoms with Crippen molar-refractivity contribution in [2.75, 3.05) is 6.61 Å². The molecule has 3 aromatic carbocycles. The summed E-state index contributed by atoms with van der Waals surface area (Å²) in [6, 6.07) is 12.0. The van der Waals surface area contributed by atoms with E-state index < -0.39 is 30.2 Å². The third-order valence-electron chi connectivity index (χ3n) is 6.64. The number of benzene rings is 3. The molecule has 0 aliphatic heterocycles. The molecule has 0 saturated heterocycles. The summed E-state index contributed by atoms with van der Waals surface area (Å²) in [6.45, 7) is 2.21. The molecule has 1 aliphatic carbocycles. The Morgan fingerprint density at radius 1 is 0.972 bits per heavy atom. The predicted octanol–water partition coefficient (Wildman–Crippen LogP) is 8.85. The normalized spacial score (nSPS) is 17.9. The van der Waals surface area contributed by atoms with Crippen LogP contribution in [0.5, 0.6) is 5.75 Å². The maximum atomic E-state index is 15.0. The lowest BCUT2D eigenvalue weighted by Crippen LogP contribution is -2.19. The van der Waals surface area contributed by atoms with Crippen molar-refractivity contribution in [1.29, 1.82) is 0 Å². The van der Waals surface area contributed by atoms with Gasteiger partial charge in [-0.3, -0.25) is 0 Å². The zero-order valence-corrected chi connectivity index (χ0v) is 19.8. The average Bonchev–Trinajstić information content (AvgIpc) is 2.86. The highest BCUT2D eigenvalue weighted by atomic mass is 19.4. The summed E-state index contributed by atoms with van der Waals surface area (Å²) >= 11 is 0. The molecule has 3 aromatic rings. The largest absolute Gasteiger partial charge is 0.481 e. The van der Waals surface area contributed by atoms with Gasteiger partial charge in [-0.2, -0.15) is 13.2 Å². The lowest BCUT2D eigenvalue weighted by Gasteiger charge is -2.25. The highest BCUT2D eigenvalue weighted by Crippen LogP contribution is 2.33. The second-order valence-corrected chi connectivity index (χ2v) is 9.27. The van der Waals surface area contributed by atoms with Crippen LogP contribution in [0, 0.1) is 35.3 Å². The van der Waals surface area contributed by atoms with Crippen LogP contribution in [0.1, 0.15) is 44.1 Å². The molecule has 0 amide bonds. The monoisotopic (exact) mass is 498 g/mol. The third-order valence-corrected chi connectivity index (χ3v) is 6.64. The Hall–Kier alpha value is -3.33. The van der Waals surface area contributed by atoms with Gasteiger partial charge in [-0.1, -0.05) is 42.2 Å². The minimum absolute atomic E-state index is 0.0977. The van der Waals surface area contributed by atoms with Crippen LogP contribution in [0.25, 0.3) is 21.9 Å². The van der Waals surface area contributed by atoms with Crippen LogP contribution in [0.3, 0.4) is 0 Å². The van der Waals surface area contributed by atoms with Gasteiger partial charge >= 0.3 is 6.18 Å². The van der Waals surface area contributed by atoms with Crippen molar-refractivity contribution in [2.45, 2.75) is 44.7 Å². The molecule has 0 unspecified atom stereocenters. The van der Waals surface area contributed by atoms with Crippen molar-refractivity contribution in [1.82, 2.24) is 0 Å². The maximum Gasteiger partial charge on any atom is 0.422 e. The molecule has 0 bridgehead atoms. The molecule has 1 fully saturated rings. The van der Waals surface area contributed by atoms with Gasteiger partial charge in [0.25, 0.3) is 0 Å². The van der Waals surface area contributed by atoms with E-state index in [0.29, 0.717) is 28.0 Å². The van der Waals surface area contributed by atoms with Gasteiger partial charge in [-0.25, -0.2) is 8.78 Å². The average molecular weight is 499 g/mol. The second kappa shape index (κ2) is 11.2. The number of hydrogen-bond donors (Lipinski definition) is 0. The number of alkyl halides is 3. The summed E-state index contributed by atoms with van der Waals surface area (Å²) in [5.41, 5.74) is 1.46. The van der Waals surface area contributed by atoms with E-state index in [1.165, 1.54) is 43.5 Å². The molecule has 1 nitrogen and oxygen atoms in total. The lowest BCUT2D eigenvalue weighted by molar-refractivity contribution is -0.153. The first-order valence-corrected chi connectivity index (χ1v) is 12.1. The molecular formula is C30H27F5O. The number of fused-ring (bicyclic) bond motifs is 1. The summed E-state index contributed by atoms with van der Waals surface area (Å²) in [4.78, 5) is 0. The van der Waals surface area contributed by atoms with E-state index in [4.69, 9.17) is 0 Å². The maximum absolute atomic E-state index is 15.0. The molecule has 1 saturated carbocycles. The molecule has 0 N–H and O–H groups in total. The number of rotatable bonds is 6. The van der Waals surface area contributed by atoms with Gasteiger partial charge in [0.1, 0.15) is 5.82 Å². The molecule has 4 rings (SSSR count). The van der Waals surface area contributed by atoms with Gasteiger partial charge in [0.05, 0.1) is 0 Å². The van der Waals surface area contributed by atoms with E-state index in [-0.39, 0.29) is 5.39 Å². The highest BCUT2D eigenvalue weighted by molar-refractivity contribution is 5.89. The van der Waals surface area contributed by atoms with Crippen molar-refractivity contribution in [2.24, 2.45) is 11.8 Å². The van der Waals surface area contributed by atoms with Crippen molar-refractivity contribution in [3.8, 4) is 28.7 Å². The third kappa shape index (κ3) is 6.46. The Balaban J connectivity index is 1.47. The fourth-order valence-corrected chi connectivity index (χ4v) is 4.67. The highest BCUT2D eigenvalue weighted by Gasteiger charge is 2.29. The standard InChI is InChI=1S/C30H27F5O/c1-2-3-4-20-5-7-21(8-6-20)9-10-22-11-14-25(27(31)17-22)23-12-15-26-24(18-23)13-16-28(29(26)32)36-19-30(33,34)35/h2,11-18,20-21H,1,3-8,19H2. The first kappa shape index (κ1) is 25.8. The summed E-state index contributed by atoms with van der Waals surface area (Å²) in [6.07, 6.45) is 4.09. The van der Waals surface area contributed by atoms with Gasteiger partial charge in [0, 0.05) is 22.4 Å². The van der Waals surface area contributed by atoms with Gasteiger partial charge in [-0.15, -0.1) is 6.58 Å². The SMILES string of the molecule is C=CCCC1CCC(C#Cc2ccc(-c3ccc4c(F)c(OCC(F)(F)F)ccc4c3)c(F)c2)CC1. The molecule has 188 valence electrons. The number of allylic oxidation sites excluding steroid dienone is 1. The van der Waals surface area contributed by atoms with Gasteiger partial charge in [0.2, 0.25) is 0 Å². The number of ether oxygens (including phenoxy) is 1. The summed E-state index contributed by atoms with van der Waals surface area (Å²) in [5, 5.41) is 0.525. The summed E-state index contributed by atoms with van der Waals surface area (Å²) in [7, 11) is 0. The lowest BCUT2D eigenvalue weighted by atomic mass is 9.80. The van der Waals surface area contributed by atoms with Crippen LogP contribution < -0.4 is 4.74 Å². The molecule has 0 heterocycles. The minimum atomic E-state index is -4.57. The molecule has 6 heteroatoms. The van der Waals surface area contributed by atoms with E-state index >= 15 is 0 Å². The van der Waals surface area contributed by atoms with E-state index in [1.54, 1.807) is 18.2 Å². The summed E-state index contributed by atoms with van der Waals surface area (Å²) in [5.74, 6) is 5.66. The van der Waals surface area contributed by atoms with Gasteiger partial charge in [0.15, 0.2) is 18.2 Å². The molecule has 0 spiro atoms. The topological polar surface area (TPSA) is 9.23 Å². The first-order valence-electron chi connectivity index (χ1n) is 12.1. The zero-order valence-electron chi connectivity index (χ0n) is 19.8. The van der Waals surface area contributed by atoms with E-state index in [2.05, 4.69) is 23.2 Å². The first-order chi connectivity index (χ1) is 17.2. The number of halogens is 5. The van der Waals surface area contributed by atoms with Crippen molar-refractivity contribution in [3.63, 3.8) is 0 Å². The van der Waals surface area contributed by atoms with E-state index in [1.807, 2.05) is 6.08 Å². The van der Waals surface area contributed by atoms with Gasteiger partial charge in [-0.05, 0) is 79.7 Å².